The van der Waals surface area contributed by atoms with Crippen molar-refractivity contribution in [3.05, 3.63) is 22.1 Å². The van der Waals surface area contributed by atoms with E-state index in [1.165, 1.54) is 13.8 Å². The second kappa shape index (κ2) is 10.7. The highest BCUT2D eigenvalue weighted by molar-refractivity contribution is 8.13. The zero-order valence-corrected chi connectivity index (χ0v) is 17.5. The standard InChI is InChI=1S/C17H23NO10S/c1-9-12(28-15(22)27-9)6-24-13(20)11(18-10(2)19)7-29-16(23)26-8-25-14(21)17(3,4)5/h11H,6-8H2,1-5H3,(H,18,19)/t11-/m0/s1. The van der Waals surface area contributed by atoms with Crippen LogP contribution in [0.25, 0.3) is 0 Å². The van der Waals surface area contributed by atoms with Crippen LogP contribution < -0.4 is 11.1 Å². The van der Waals surface area contributed by atoms with Gasteiger partial charge < -0.3 is 28.4 Å². The molecule has 0 fully saturated rings. The second-order valence-corrected chi connectivity index (χ2v) is 7.75. The molecule has 1 rings (SSSR count). The first-order chi connectivity index (χ1) is 13.4. The molecule has 11 nitrogen and oxygen atoms in total. The van der Waals surface area contributed by atoms with Crippen LogP contribution in [0.5, 0.6) is 0 Å². The van der Waals surface area contributed by atoms with E-state index in [0.29, 0.717) is 11.8 Å². The molecule has 1 N–H and O–H groups in total. The summed E-state index contributed by atoms with van der Waals surface area (Å²) in [4.78, 5) is 57.8. The van der Waals surface area contributed by atoms with E-state index in [4.69, 9.17) is 18.6 Å². The fraction of sp³-hybridized carbons (Fsp3) is 0.588. The smallest absolute Gasteiger partial charge is 0.456 e. The molecule has 29 heavy (non-hydrogen) atoms. The summed E-state index contributed by atoms with van der Waals surface area (Å²) in [6.07, 6.45) is 0. The monoisotopic (exact) mass is 433 g/mol. The van der Waals surface area contributed by atoms with Crippen LogP contribution in [0.4, 0.5) is 4.79 Å². The summed E-state index contributed by atoms with van der Waals surface area (Å²) in [5, 5.41) is 1.53. The van der Waals surface area contributed by atoms with Crippen molar-refractivity contribution in [2.24, 2.45) is 5.41 Å². The number of amides is 1. The SMILES string of the molecule is CC(=O)N[C@@H](CSC(=O)OCOC(=O)C(C)(C)C)C(=O)OCc1oc(=O)oc1C. The number of rotatable bonds is 8. The Kier molecular flexibility index (Phi) is 8.95. The number of carbonyl (C=O) groups excluding carboxylic acids is 4. The molecule has 1 amide bonds. The van der Waals surface area contributed by atoms with Crippen LogP contribution in [0, 0.1) is 12.3 Å². The summed E-state index contributed by atoms with van der Waals surface area (Å²) in [6, 6.07) is -1.17. The van der Waals surface area contributed by atoms with Crippen molar-refractivity contribution in [1.82, 2.24) is 5.32 Å². The van der Waals surface area contributed by atoms with Crippen molar-refractivity contribution in [3.63, 3.8) is 0 Å². The van der Waals surface area contributed by atoms with Crippen molar-refractivity contribution >= 4 is 34.9 Å². The van der Waals surface area contributed by atoms with E-state index < -0.39 is 47.2 Å². The molecule has 0 aliphatic heterocycles. The molecule has 12 heteroatoms. The van der Waals surface area contributed by atoms with Crippen molar-refractivity contribution in [3.8, 4) is 0 Å². The van der Waals surface area contributed by atoms with Gasteiger partial charge in [-0.2, -0.15) is 0 Å². The van der Waals surface area contributed by atoms with E-state index in [1.807, 2.05) is 0 Å². The maximum Gasteiger partial charge on any atom is 0.519 e. The predicted octanol–water partition coefficient (Wildman–Crippen LogP) is 1.51. The molecule has 0 saturated carbocycles. The Balaban J connectivity index is 2.51. The minimum atomic E-state index is -1.17. The van der Waals surface area contributed by atoms with Gasteiger partial charge in [0.2, 0.25) is 12.7 Å². The number of nitrogens with one attached hydrogen (secondary N) is 1. The lowest BCUT2D eigenvalue weighted by Crippen LogP contribution is -2.42. The lowest BCUT2D eigenvalue weighted by Gasteiger charge is -2.17. The van der Waals surface area contributed by atoms with E-state index in [2.05, 4.69) is 9.73 Å². The van der Waals surface area contributed by atoms with Gasteiger partial charge in [-0.3, -0.25) is 9.59 Å². The van der Waals surface area contributed by atoms with Crippen LogP contribution in [-0.4, -0.2) is 41.7 Å². The molecule has 1 atom stereocenters. The number of esters is 2. The molecule has 1 aromatic rings. The van der Waals surface area contributed by atoms with Gasteiger partial charge in [0.05, 0.1) is 5.41 Å². The summed E-state index contributed by atoms with van der Waals surface area (Å²) < 4.78 is 23.9. The van der Waals surface area contributed by atoms with Gasteiger partial charge in [0.15, 0.2) is 18.1 Å². The third kappa shape index (κ3) is 8.85. The summed E-state index contributed by atoms with van der Waals surface area (Å²) in [6.45, 7) is 6.62. The molecule has 0 aliphatic carbocycles. The first-order valence-corrected chi connectivity index (χ1v) is 9.38. The Morgan fingerprint density at radius 3 is 2.28 bits per heavy atom. The number of aryl methyl sites for hydroxylation is 1. The summed E-state index contributed by atoms with van der Waals surface area (Å²) in [5.41, 5.74) is -0.744. The molecule has 0 bridgehead atoms. The van der Waals surface area contributed by atoms with Crippen LogP contribution in [0.1, 0.15) is 39.2 Å². The van der Waals surface area contributed by atoms with Crippen molar-refractivity contribution < 1.29 is 42.2 Å². The maximum absolute atomic E-state index is 12.2. The quantitative estimate of drug-likeness (QED) is 0.469. The van der Waals surface area contributed by atoms with Gasteiger partial charge in [-0.25, -0.2) is 14.4 Å². The zero-order valence-electron chi connectivity index (χ0n) is 16.7. The van der Waals surface area contributed by atoms with Gasteiger partial charge in [0.1, 0.15) is 6.04 Å². The van der Waals surface area contributed by atoms with E-state index in [-0.39, 0.29) is 23.9 Å². The lowest BCUT2D eigenvalue weighted by atomic mass is 9.98. The molecule has 0 unspecified atom stereocenters. The molecular weight excluding hydrogens is 410 g/mol. The minimum Gasteiger partial charge on any atom is -0.456 e. The molecule has 0 aromatic carbocycles. The highest BCUT2D eigenvalue weighted by Crippen LogP contribution is 2.16. The Labute approximate surface area is 170 Å². The zero-order chi connectivity index (χ0) is 22.2. The van der Waals surface area contributed by atoms with Gasteiger partial charge >= 0.3 is 23.1 Å². The van der Waals surface area contributed by atoms with E-state index >= 15 is 0 Å². The van der Waals surface area contributed by atoms with E-state index in [0.717, 1.165) is 0 Å². The Bertz CT molecular complexity index is 804. The molecule has 1 aromatic heterocycles. The first-order valence-electron chi connectivity index (χ1n) is 8.40. The average Bonchev–Trinajstić information content (AvgIpc) is 2.92. The lowest BCUT2D eigenvalue weighted by molar-refractivity contribution is -0.160. The van der Waals surface area contributed by atoms with Crippen molar-refractivity contribution in [2.45, 2.75) is 47.3 Å². The molecule has 1 heterocycles. The molecule has 0 saturated heterocycles. The Hall–Kier alpha value is -2.76. The number of hydrogen-bond donors (Lipinski definition) is 1. The number of thioether (sulfide) groups is 1. The molecule has 0 spiro atoms. The van der Waals surface area contributed by atoms with Crippen LogP contribution >= 0.6 is 11.8 Å². The van der Waals surface area contributed by atoms with Gasteiger partial charge in [-0.1, -0.05) is 0 Å². The largest absolute Gasteiger partial charge is 0.519 e. The molecule has 162 valence electrons. The number of carbonyl (C=O) groups is 4. The minimum absolute atomic E-state index is 0.0256. The second-order valence-electron chi connectivity index (χ2n) is 6.80. The number of ether oxygens (including phenoxy) is 3. The van der Waals surface area contributed by atoms with Gasteiger partial charge in [-0.05, 0) is 39.5 Å². The van der Waals surface area contributed by atoms with Crippen LogP contribution in [0.3, 0.4) is 0 Å². The fourth-order valence-corrected chi connectivity index (χ4v) is 2.35. The van der Waals surface area contributed by atoms with Crippen molar-refractivity contribution in [2.75, 3.05) is 12.5 Å². The topological polar surface area (TPSA) is 151 Å². The summed E-state index contributed by atoms with van der Waals surface area (Å²) in [7, 11) is 0. The third-order valence-electron chi connectivity index (χ3n) is 3.19. The van der Waals surface area contributed by atoms with Crippen LogP contribution in [-0.2, 0) is 35.2 Å². The molecule has 0 aliphatic rings. The summed E-state index contributed by atoms with van der Waals surface area (Å²) >= 11 is 0.583. The average molecular weight is 433 g/mol. The number of hydrogen-bond acceptors (Lipinski definition) is 11. The van der Waals surface area contributed by atoms with Gasteiger partial charge in [0, 0.05) is 12.7 Å². The van der Waals surface area contributed by atoms with E-state index in [1.54, 1.807) is 20.8 Å². The highest BCUT2D eigenvalue weighted by Gasteiger charge is 2.25. The van der Waals surface area contributed by atoms with Crippen molar-refractivity contribution in [1.29, 1.82) is 0 Å². The molecule has 0 radical (unpaired) electrons. The highest BCUT2D eigenvalue weighted by atomic mass is 32.2. The normalized spacial score (nSPS) is 12.0. The van der Waals surface area contributed by atoms with Crippen LogP contribution in [0.2, 0.25) is 0 Å². The van der Waals surface area contributed by atoms with Crippen LogP contribution in [0.15, 0.2) is 13.6 Å². The maximum atomic E-state index is 12.2. The van der Waals surface area contributed by atoms with Gasteiger partial charge in [-0.15, -0.1) is 0 Å². The molecular formula is C17H23NO10S. The van der Waals surface area contributed by atoms with E-state index in [9.17, 15) is 24.0 Å². The predicted molar refractivity (Wildman–Crippen MR) is 98.7 cm³/mol. The Morgan fingerprint density at radius 2 is 1.76 bits per heavy atom. The Morgan fingerprint density at radius 1 is 1.10 bits per heavy atom. The first kappa shape index (κ1) is 24.3. The van der Waals surface area contributed by atoms with Gasteiger partial charge in [0.25, 0.3) is 0 Å². The summed E-state index contributed by atoms with van der Waals surface area (Å²) in [5.74, 6) is -2.87. The third-order valence-corrected chi connectivity index (χ3v) is 4.04. The fourth-order valence-electron chi connectivity index (χ4n) is 1.70.